The molecule has 0 aliphatic rings. The molecular formula is C17H19BrN2O3S. The van der Waals surface area contributed by atoms with Crippen LogP contribution in [0.1, 0.15) is 16.7 Å². The van der Waals surface area contributed by atoms with E-state index in [1.807, 2.05) is 32.0 Å². The maximum atomic E-state index is 12.3. The number of hydrogen-bond donors (Lipinski definition) is 2. The summed E-state index contributed by atoms with van der Waals surface area (Å²) in [4.78, 5) is 12.2. The zero-order chi connectivity index (χ0) is 17.9. The molecule has 0 atom stereocenters. The molecule has 7 heteroatoms. The highest BCUT2D eigenvalue weighted by molar-refractivity contribution is 9.10. The van der Waals surface area contributed by atoms with E-state index in [1.54, 1.807) is 19.1 Å². The molecule has 0 radical (unpaired) electrons. The standard InChI is InChI=1S/C17H19BrN2O3S/c1-11-5-4-6-12(2)17(11)20-16(21)10-19-24(22,23)14-7-8-15(18)13(3)9-14/h4-9,19H,10H2,1-3H3,(H,20,21). The summed E-state index contributed by atoms with van der Waals surface area (Å²) in [7, 11) is -3.74. The predicted molar refractivity (Wildman–Crippen MR) is 98.6 cm³/mol. The second-order valence-corrected chi connectivity index (χ2v) is 8.17. The van der Waals surface area contributed by atoms with E-state index in [1.165, 1.54) is 6.07 Å². The molecule has 0 saturated carbocycles. The molecule has 2 aromatic rings. The third-order valence-corrected chi connectivity index (χ3v) is 5.90. The highest BCUT2D eigenvalue weighted by atomic mass is 79.9. The zero-order valence-corrected chi connectivity index (χ0v) is 16.1. The Bertz CT molecular complexity index is 859. The Morgan fingerprint density at radius 3 is 2.25 bits per heavy atom. The van der Waals surface area contributed by atoms with Gasteiger partial charge in [0.05, 0.1) is 11.4 Å². The van der Waals surface area contributed by atoms with E-state index in [0.29, 0.717) is 5.69 Å². The minimum absolute atomic E-state index is 0.128. The minimum atomic E-state index is -3.74. The molecule has 0 spiro atoms. The number of aryl methyl sites for hydroxylation is 3. The van der Waals surface area contributed by atoms with Gasteiger partial charge in [-0.3, -0.25) is 4.79 Å². The average molecular weight is 411 g/mol. The van der Waals surface area contributed by atoms with Crippen molar-refractivity contribution in [1.29, 1.82) is 0 Å². The van der Waals surface area contributed by atoms with Gasteiger partial charge in [0.15, 0.2) is 0 Å². The lowest BCUT2D eigenvalue weighted by atomic mass is 10.1. The van der Waals surface area contributed by atoms with Crippen LogP contribution in [0.3, 0.4) is 0 Å². The number of sulfonamides is 1. The molecule has 0 aromatic heterocycles. The number of halogens is 1. The van der Waals surface area contributed by atoms with Gasteiger partial charge in [-0.1, -0.05) is 34.1 Å². The molecule has 0 unspecified atom stereocenters. The first kappa shape index (κ1) is 18.6. The van der Waals surface area contributed by atoms with Crippen molar-refractivity contribution in [3.8, 4) is 0 Å². The van der Waals surface area contributed by atoms with Crippen molar-refractivity contribution in [1.82, 2.24) is 4.72 Å². The van der Waals surface area contributed by atoms with Crippen LogP contribution in [0.15, 0.2) is 45.8 Å². The Balaban J connectivity index is 2.06. The fourth-order valence-electron chi connectivity index (χ4n) is 2.22. The maximum Gasteiger partial charge on any atom is 0.241 e. The molecule has 0 saturated heterocycles. The highest BCUT2D eigenvalue weighted by Crippen LogP contribution is 2.20. The third-order valence-electron chi connectivity index (χ3n) is 3.61. The van der Waals surface area contributed by atoms with Crippen molar-refractivity contribution < 1.29 is 13.2 Å². The zero-order valence-electron chi connectivity index (χ0n) is 13.7. The number of carbonyl (C=O) groups is 1. The molecule has 5 nitrogen and oxygen atoms in total. The van der Waals surface area contributed by atoms with Crippen LogP contribution in [0.25, 0.3) is 0 Å². The first-order chi connectivity index (χ1) is 11.2. The van der Waals surface area contributed by atoms with Gasteiger partial charge in [-0.15, -0.1) is 0 Å². The van der Waals surface area contributed by atoms with Gasteiger partial charge in [-0.25, -0.2) is 13.1 Å². The van der Waals surface area contributed by atoms with Gasteiger partial charge in [0, 0.05) is 10.2 Å². The van der Waals surface area contributed by atoms with Crippen LogP contribution in [0.2, 0.25) is 0 Å². The molecule has 1 amide bonds. The number of anilines is 1. The van der Waals surface area contributed by atoms with Gasteiger partial charge in [-0.2, -0.15) is 0 Å². The van der Waals surface area contributed by atoms with Gasteiger partial charge in [0.2, 0.25) is 15.9 Å². The summed E-state index contributed by atoms with van der Waals surface area (Å²) in [6, 6.07) is 10.4. The van der Waals surface area contributed by atoms with Crippen LogP contribution in [-0.4, -0.2) is 20.9 Å². The van der Waals surface area contributed by atoms with Crippen molar-refractivity contribution in [3.05, 3.63) is 57.6 Å². The highest BCUT2D eigenvalue weighted by Gasteiger charge is 2.17. The minimum Gasteiger partial charge on any atom is -0.324 e. The molecule has 2 N–H and O–H groups in total. The molecule has 0 fully saturated rings. The lowest BCUT2D eigenvalue weighted by Gasteiger charge is -2.12. The number of rotatable bonds is 5. The summed E-state index contributed by atoms with van der Waals surface area (Å²) in [6.45, 7) is 5.25. The Morgan fingerprint density at radius 1 is 1.04 bits per heavy atom. The number of hydrogen-bond acceptors (Lipinski definition) is 3. The third kappa shape index (κ3) is 4.43. The van der Waals surface area contributed by atoms with Crippen molar-refractivity contribution in [2.24, 2.45) is 0 Å². The van der Waals surface area contributed by atoms with Gasteiger partial charge in [-0.05, 0) is 55.7 Å². The van der Waals surface area contributed by atoms with Crippen LogP contribution < -0.4 is 10.0 Å². The second-order valence-electron chi connectivity index (χ2n) is 5.55. The molecule has 24 heavy (non-hydrogen) atoms. The van der Waals surface area contributed by atoms with Crippen molar-refractivity contribution in [2.45, 2.75) is 25.7 Å². The second kappa shape index (κ2) is 7.46. The summed E-state index contributed by atoms with van der Waals surface area (Å²) >= 11 is 3.33. The average Bonchev–Trinajstić information content (AvgIpc) is 2.52. The molecule has 0 bridgehead atoms. The van der Waals surface area contributed by atoms with E-state index in [9.17, 15) is 13.2 Å². The first-order valence-corrected chi connectivity index (χ1v) is 9.60. The quantitative estimate of drug-likeness (QED) is 0.793. The summed E-state index contributed by atoms with van der Waals surface area (Å²) in [5.74, 6) is -0.412. The molecule has 2 rings (SSSR count). The molecular weight excluding hydrogens is 392 g/mol. The molecule has 2 aromatic carbocycles. The first-order valence-electron chi connectivity index (χ1n) is 7.32. The molecule has 0 heterocycles. The van der Waals surface area contributed by atoms with Gasteiger partial charge < -0.3 is 5.32 Å². The molecule has 0 aliphatic heterocycles. The predicted octanol–water partition coefficient (Wildman–Crippen LogP) is 3.29. The Morgan fingerprint density at radius 2 is 1.67 bits per heavy atom. The summed E-state index contributed by atoms with van der Waals surface area (Å²) in [5.41, 5.74) is 3.36. The summed E-state index contributed by atoms with van der Waals surface area (Å²) in [5, 5.41) is 2.75. The van der Waals surface area contributed by atoms with Crippen LogP contribution in [0.5, 0.6) is 0 Å². The van der Waals surface area contributed by atoms with E-state index in [0.717, 1.165) is 21.2 Å². The number of benzene rings is 2. The van der Waals surface area contributed by atoms with Crippen molar-refractivity contribution in [3.63, 3.8) is 0 Å². The number of nitrogens with one attached hydrogen (secondary N) is 2. The molecule has 128 valence electrons. The topological polar surface area (TPSA) is 75.3 Å². The van der Waals surface area contributed by atoms with Crippen LogP contribution in [0, 0.1) is 20.8 Å². The smallest absolute Gasteiger partial charge is 0.241 e. The van der Waals surface area contributed by atoms with Gasteiger partial charge >= 0.3 is 0 Å². The van der Waals surface area contributed by atoms with Crippen molar-refractivity contribution in [2.75, 3.05) is 11.9 Å². The van der Waals surface area contributed by atoms with Crippen LogP contribution in [-0.2, 0) is 14.8 Å². The number of amides is 1. The Hall–Kier alpha value is -1.70. The largest absolute Gasteiger partial charge is 0.324 e. The van der Waals surface area contributed by atoms with E-state index in [4.69, 9.17) is 0 Å². The monoisotopic (exact) mass is 410 g/mol. The normalized spacial score (nSPS) is 11.3. The fraction of sp³-hybridized carbons (Fsp3) is 0.235. The van der Waals surface area contributed by atoms with Crippen LogP contribution in [0.4, 0.5) is 5.69 Å². The summed E-state index contributed by atoms with van der Waals surface area (Å²) in [6.07, 6.45) is 0. The maximum absolute atomic E-state index is 12.3. The number of carbonyl (C=O) groups excluding carboxylic acids is 1. The fourth-order valence-corrected chi connectivity index (χ4v) is 3.54. The van der Waals surface area contributed by atoms with E-state index in [2.05, 4.69) is 26.0 Å². The summed E-state index contributed by atoms with van der Waals surface area (Å²) < 4.78 is 27.7. The van der Waals surface area contributed by atoms with E-state index < -0.39 is 15.9 Å². The van der Waals surface area contributed by atoms with Crippen LogP contribution >= 0.6 is 15.9 Å². The van der Waals surface area contributed by atoms with E-state index in [-0.39, 0.29) is 11.4 Å². The van der Waals surface area contributed by atoms with Crippen molar-refractivity contribution >= 4 is 37.5 Å². The molecule has 0 aliphatic carbocycles. The van der Waals surface area contributed by atoms with Gasteiger partial charge in [0.25, 0.3) is 0 Å². The van der Waals surface area contributed by atoms with E-state index >= 15 is 0 Å². The van der Waals surface area contributed by atoms with Gasteiger partial charge in [0.1, 0.15) is 0 Å². The number of para-hydroxylation sites is 1. The SMILES string of the molecule is Cc1cc(S(=O)(=O)NCC(=O)Nc2c(C)cccc2C)ccc1Br. The lowest BCUT2D eigenvalue weighted by molar-refractivity contribution is -0.115. The lowest BCUT2D eigenvalue weighted by Crippen LogP contribution is -2.33. The Kier molecular flexibility index (Phi) is 5.79. The Labute approximate surface area is 150 Å².